The molecular formula is C18H26O3. The molecule has 3 heteroatoms. The van der Waals surface area contributed by atoms with Crippen molar-refractivity contribution >= 4 is 5.78 Å². The Morgan fingerprint density at radius 1 is 1.29 bits per heavy atom. The molecule has 1 spiro atoms. The Hall–Kier alpha value is -1.19. The molecule has 1 saturated heterocycles. The summed E-state index contributed by atoms with van der Waals surface area (Å²) in [6.45, 7) is 14.5. The van der Waals surface area contributed by atoms with E-state index >= 15 is 0 Å². The summed E-state index contributed by atoms with van der Waals surface area (Å²) >= 11 is 0. The van der Waals surface area contributed by atoms with Crippen molar-refractivity contribution in [3.8, 4) is 0 Å². The summed E-state index contributed by atoms with van der Waals surface area (Å²) in [5.41, 5.74) is 1.53. The monoisotopic (exact) mass is 290 g/mol. The number of ether oxygens (including phenoxy) is 2. The van der Waals surface area contributed by atoms with Crippen LogP contribution in [-0.4, -0.2) is 24.8 Å². The first-order chi connectivity index (χ1) is 9.74. The predicted molar refractivity (Wildman–Crippen MR) is 83.9 cm³/mol. The Balaban J connectivity index is 1.96. The van der Waals surface area contributed by atoms with E-state index in [-0.39, 0.29) is 11.7 Å². The third-order valence-electron chi connectivity index (χ3n) is 4.37. The van der Waals surface area contributed by atoms with Crippen molar-refractivity contribution in [3.05, 3.63) is 36.5 Å². The number of carbonyl (C=O) groups excluding carboxylic acids is 1. The molecule has 21 heavy (non-hydrogen) atoms. The van der Waals surface area contributed by atoms with E-state index in [1.54, 1.807) is 0 Å². The van der Waals surface area contributed by atoms with Gasteiger partial charge in [-0.05, 0) is 40.0 Å². The largest absolute Gasteiger partial charge is 0.349 e. The first kappa shape index (κ1) is 16.2. The maximum Gasteiger partial charge on any atom is 0.162 e. The van der Waals surface area contributed by atoms with Gasteiger partial charge < -0.3 is 9.47 Å². The second-order valence-corrected chi connectivity index (χ2v) is 6.90. The first-order valence-electron chi connectivity index (χ1n) is 7.58. The number of carbonyl (C=O) groups is 1. The van der Waals surface area contributed by atoms with Gasteiger partial charge in [0.15, 0.2) is 5.79 Å². The lowest BCUT2D eigenvalue weighted by atomic mass is 9.83. The summed E-state index contributed by atoms with van der Waals surface area (Å²) in [6, 6.07) is 0. The van der Waals surface area contributed by atoms with Crippen molar-refractivity contribution in [2.45, 2.75) is 45.8 Å². The van der Waals surface area contributed by atoms with Crippen LogP contribution in [0.2, 0.25) is 0 Å². The van der Waals surface area contributed by atoms with Gasteiger partial charge in [0, 0.05) is 5.92 Å². The van der Waals surface area contributed by atoms with E-state index in [1.807, 2.05) is 32.9 Å². The Kier molecular flexibility index (Phi) is 4.54. The van der Waals surface area contributed by atoms with Crippen molar-refractivity contribution in [2.24, 2.45) is 11.3 Å². The van der Waals surface area contributed by atoms with E-state index in [2.05, 4.69) is 13.2 Å². The Labute approximate surface area is 127 Å². The van der Waals surface area contributed by atoms with Gasteiger partial charge in [-0.2, -0.15) is 0 Å². The topological polar surface area (TPSA) is 35.5 Å². The second kappa shape index (κ2) is 5.90. The van der Waals surface area contributed by atoms with E-state index in [0.717, 1.165) is 24.0 Å². The molecule has 1 aliphatic heterocycles. The SMILES string of the molecule is C=C(C)/C=C\C(=C)CC1CCC2(COC(C)(C)OC2)C1=O. The van der Waals surface area contributed by atoms with Crippen LogP contribution in [0.3, 0.4) is 0 Å². The molecule has 0 bridgehead atoms. The second-order valence-electron chi connectivity index (χ2n) is 6.90. The van der Waals surface area contributed by atoms with Crippen LogP contribution in [0.1, 0.15) is 40.0 Å². The zero-order chi connectivity index (χ0) is 15.7. The smallest absolute Gasteiger partial charge is 0.162 e. The number of Topliss-reactive ketones (excluding diaryl/α,β-unsaturated/α-hetero) is 1. The van der Waals surface area contributed by atoms with Gasteiger partial charge >= 0.3 is 0 Å². The van der Waals surface area contributed by atoms with E-state index in [9.17, 15) is 4.79 Å². The summed E-state index contributed by atoms with van der Waals surface area (Å²) in [7, 11) is 0. The Morgan fingerprint density at radius 3 is 2.48 bits per heavy atom. The summed E-state index contributed by atoms with van der Waals surface area (Å²) < 4.78 is 11.4. The minimum Gasteiger partial charge on any atom is -0.349 e. The number of rotatable bonds is 4. The molecule has 1 aliphatic carbocycles. The summed E-state index contributed by atoms with van der Waals surface area (Å²) in [5.74, 6) is -0.249. The highest BCUT2D eigenvalue weighted by molar-refractivity contribution is 5.89. The third kappa shape index (κ3) is 3.72. The van der Waals surface area contributed by atoms with Crippen LogP contribution < -0.4 is 0 Å². The van der Waals surface area contributed by atoms with Gasteiger partial charge in [-0.25, -0.2) is 0 Å². The third-order valence-corrected chi connectivity index (χ3v) is 4.37. The number of hydrogen-bond donors (Lipinski definition) is 0. The number of hydrogen-bond acceptors (Lipinski definition) is 3. The van der Waals surface area contributed by atoms with Gasteiger partial charge in [-0.15, -0.1) is 0 Å². The average molecular weight is 290 g/mol. The van der Waals surface area contributed by atoms with E-state index in [4.69, 9.17) is 9.47 Å². The van der Waals surface area contributed by atoms with Gasteiger partial charge in [0.1, 0.15) is 5.78 Å². The molecule has 3 nitrogen and oxygen atoms in total. The number of ketones is 1. The fourth-order valence-electron chi connectivity index (χ4n) is 2.97. The lowest BCUT2D eigenvalue weighted by molar-refractivity contribution is -0.278. The molecule has 1 atom stereocenters. The van der Waals surface area contributed by atoms with Gasteiger partial charge in [0.05, 0.1) is 18.6 Å². The fourth-order valence-corrected chi connectivity index (χ4v) is 2.97. The van der Waals surface area contributed by atoms with Crippen LogP contribution in [0.4, 0.5) is 0 Å². The molecular weight excluding hydrogens is 264 g/mol. The minimum absolute atomic E-state index is 0.0423. The standard InChI is InChI=1S/C18H26O3/c1-13(2)6-7-14(3)10-15-8-9-18(16(15)19)11-20-17(4,5)21-12-18/h6-7,15H,1,3,8-12H2,2,4-5H3/b7-6-. The molecule has 0 N–H and O–H groups in total. The zero-order valence-corrected chi connectivity index (χ0v) is 13.4. The van der Waals surface area contributed by atoms with Gasteiger partial charge in [-0.1, -0.05) is 36.5 Å². The molecule has 2 aliphatic rings. The predicted octanol–water partition coefficient (Wildman–Crippen LogP) is 3.81. The number of allylic oxidation sites excluding steroid dienone is 4. The van der Waals surface area contributed by atoms with Gasteiger partial charge in [0.2, 0.25) is 0 Å². The highest BCUT2D eigenvalue weighted by Gasteiger charge is 2.51. The molecule has 1 heterocycles. The van der Waals surface area contributed by atoms with Crippen LogP contribution in [0.15, 0.2) is 36.5 Å². The molecule has 0 aromatic rings. The van der Waals surface area contributed by atoms with Crippen molar-refractivity contribution in [1.82, 2.24) is 0 Å². The lowest BCUT2D eigenvalue weighted by Gasteiger charge is -2.40. The van der Waals surface area contributed by atoms with Crippen LogP contribution in [0.25, 0.3) is 0 Å². The molecule has 2 rings (SSSR count). The highest BCUT2D eigenvalue weighted by Crippen LogP contribution is 2.44. The zero-order valence-electron chi connectivity index (χ0n) is 13.4. The molecule has 2 fully saturated rings. The molecule has 0 aromatic heterocycles. The summed E-state index contributed by atoms with van der Waals surface area (Å²) in [4.78, 5) is 12.7. The molecule has 0 radical (unpaired) electrons. The van der Waals surface area contributed by atoms with E-state index in [1.165, 1.54) is 0 Å². The van der Waals surface area contributed by atoms with Crippen LogP contribution in [-0.2, 0) is 14.3 Å². The summed E-state index contributed by atoms with van der Waals surface area (Å²) in [6.07, 6.45) is 6.36. The van der Waals surface area contributed by atoms with Crippen molar-refractivity contribution < 1.29 is 14.3 Å². The Bertz CT molecular complexity index is 475. The van der Waals surface area contributed by atoms with Crippen LogP contribution in [0, 0.1) is 11.3 Å². The quantitative estimate of drug-likeness (QED) is 0.738. The molecule has 1 unspecified atom stereocenters. The summed E-state index contributed by atoms with van der Waals surface area (Å²) in [5, 5.41) is 0. The molecule has 116 valence electrons. The van der Waals surface area contributed by atoms with Crippen LogP contribution >= 0.6 is 0 Å². The van der Waals surface area contributed by atoms with E-state index in [0.29, 0.717) is 19.6 Å². The maximum absolute atomic E-state index is 12.7. The maximum atomic E-state index is 12.7. The highest BCUT2D eigenvalue weighted by atomic mass is 16.7. The lowest BCUT2D eigenvalue weighted by Crippen LogP contribution is -2.49. The van der Waals surface area contributed by atoms with Crippen molar-refractivity contribution in [2.75, 3.05) is 13.2 Å². The van der Waals surface area contributed by atoms with Crippen molar-refractivity contribution in [3.63, 3.8) is 0 Å². The average Bonchev–Trinajstić information content (AvgIpc) is 2.70. The Morgan fingerprint density at radius 2 is 1.90 bits per heavy atom. The van der Waals surface area contributed by atoms with E-state index < -0.39 is 11.2 Å². The first-order valence-corrected chi connectivity index (χ1v) is 7.58. The molecule has 0 amide bonds. The normalized spacial score (nSPS) is 27.4. The van der Waals surface area contributed by atoms with Gasteiger partial charge in [0.25, 0.3) is 0 Å². The van der Waals surface area contributed by atoms with Crippen LogP contribution in [0.5, 0.6) is 0 Å². The molecule has 0 aromatic carbocycles. The van der Waals surface area contributed by atoms with Crippen molar-refractivity contribution in [1.29, 1.82) is 0 Å². The van der Waals surface area contributed by atoms with Gasteiger partial charge in [-0.3, -0.25) is 4.79 Å². The molecule has 1 saturated carbocycles. The fraction of sp³-hybridized carbons (Fsp3) is 0.611. The minimum atomic E-state index is -0.572.